The van der Waals surface area contributed by atoms with E-state index in [2.05, 4.69) is 9.55 Å². The van der Waals surface area contributed by atoms with E-state index >= 15 is 0 Å². The van der Waals surface area contributed by atoms with Crippen LogP contribution in [-0.4, -0.2) is 20.6 Å². The fraction of sp³-hybridized carbons (Fsp3) is 0.176. The Kier molecular flexibility index (Phi) is 3.69. The molecular weight excluding hydrogens is 264 g/mol. The molecule has 0 saturated carbocycles. The van der Waals surface area contributed by atoms with Gasteiger partial charge in [-0.05, 0) is 35.7 Å². The summed E-state index contributed by atoms with van der Waals surface area (Å²) in [6.07, 6.45) is 6.49. The van der Waals surface area contributed by atoms with E-state index in [0.29, 0.717) is 0 Å². The predicted octanol–water partition coefficient (Wildman–Crippen LogP) is 2.91. The number of benzene rings is 1. The van der Waals surface area contributed by atoms with Crippen LogP contribution in [0.2, 0.25) is 0 Å². The van der Waals surface area contributed by atoms with E-state index in [1.54, 1.807) is 12.4 Å². The molecule has 4 nitrogen and oxygen atoms in total. The molecule has 0 aliphatic rings. The first kappa shape index (κ1) is 13.4. The Morgan fingerprint density at radius 3 is 2.67 bits per heavy atom. The number of fused-ring (bicyclic) bond motifs is 1. The number of aryl methyl sites for hydroxylation is 2. The molecular formula is C17H16N2O2. The van der Waals surface area contributed by atoms with Gasteiger partial charge in [0.2, 0.25) is 0 Å². The number of para-hydroxylation sites is 1. The third-order valence-corrected chi connectivity index (χ3v) is 3.60. The van der Waals surface area contributed by atoms with Crippen LogP contribution in [0.3, 0.4) is 0 Å². The highest BCUT2D eigenvalue weighted by Gasteiger charge is 2.10. The molecule has 106 valence electrons. The number of carboxylic acid groups (broad SMARTS) is 1. The Morgan fingerprint density at radius 1 is 1.14 bits per heavy atom. The Labute approximate surface area is 122 Å². The second-order valence-electron chi connectivity index (χ2n) is 5.04. The quantitative estimate of drug-likeness (QED) is 0.781. The van der Waals surface area contributed by atoms with E-state index in [4.69, 9.17) is 5.11 Å². The molecule has 0 saturated heterocycles. The van der Waals surface area contributed by atoms with Crippen molar-refractivity contribution < 1.29 is 9.90 Å². The molecule has 0 atom stereocenters. The highest BCUT2D eigenvalue weighted by atomic mass is 16.4. The number of hydrogen-bond donors (Lipinski definition) is 1. The second kappa shape index (κ2) is 5.79. The maximum absolute atomic E-state index is 11.0. The van der Waals surface area contributed by atoms with E-state index in [1.165, 1.54) is 5.56 Å². The standard InChI is InChI=1S/C17H16N2O2/c20-17(21)11-14-12-19(16-4-2-1-3-15(14)16)10-7-13-5-8-18-9-6-13/h1-6,8-9,12H,7,10-11H2,(H,20,21). The normalized spacial score (nSPS) is 10.9. The van der Waals surface area contributed by atoms with Gasteiger partial charge in [-0.2, -0.15) is 0 Å². The molecule has 0 aliphatic heterocycles. The average molecular weight is 280 g/mol. The van der Waals surface area contributed by atoms with Crippen LogP contribution in [0, 0.1) is 0 Å². The van der Waals surface area contributed by atoms with Crippen LogP contribution in [0.25, 0.3) is 10.9 Å². The molecule has 21 heavy (non-hydrogen) atoms. The topological polar surface area (TPSA) is 55.1 Å². The van der Waals surface area contributed by atoms with E-state index < -0.39 is 5.97 Å². The van der Waals surface area contributed by atoms with Crippen molar-refractivity contribution in [2.24, 2.45) is 0 Å². The lowest BCUT2D eigenvalue weighted by Gasteiger charge is -2.05. The Bertz CT molecular complexity index is 763. The van der Waals surface area contributed by atoms with Crippen molar-refractivity contribution in [1.82, 2.24) is 9.55 Å². The minimum atomic E-state index is -0.799. The Morgan fingerprint density at radius 2 is 1.90 bits per heavy atom. The fourth-order valence-corrected chi connectivity index (χ4v) is 2.61. The second-order valence-corrected chi connectivity index (χ2v) is 5.04. The fourth-order valence-electron chi connectivity index (χ4n) is 2.61. The SMILES string of the molecule is O=C(O)Cc1cn(CCc2ccncc2)c2ccccc12. The molecule has 1 aromatic carbocycles. The number of hydrogen-bond acceptors (Lipinski definition) is 2. The first-order valence-electron chi connectivity index (χ1n) is 6.91. The molecule has 0 unspecified atom stereocenters. The molecule has 0 fully saturated rings. The van der Waals surface area contributed by atoms with Gasteiger partial charge in [0, 0.05) is 36.0 Å². The summed E-state index contributed by atoms with van der Waals surface area (Å²) in [6.45, 7) is 0.824. The smallest absolute Gasteiger partial charge is 0.307 e. The van der Waals surface area contributed by atoms with Crippen LogP contribution in [-0.2, 0) is 24.2 Å². The summed E-state index contributed by atoms with van der Waals surface area (Å²) in [5, 5.41) is 10.1. The highest BCUT2D eigenvalue weighted by Crippen LogP contribution is 2.22. The lowest BCUT2D eigenvalue weighted by molar-refractivity contribution is -0.136. The monoisotopic (exact) mass is 280 g/mol. The van der Waals surface area contributed by atoms with Crippen molar-refractivity contribution in [2.75, 3.05) is 0 Å². The maximum atomic E-state index is 11.0. The lowest BCUT2D eigenvalue weighted by Crippen LogP contribution is -2.01. The van der Waals surface area contributed by atoms with Crippen LogP contribution in [0.15, 0.2) is 55.0 Å². The maximum Gasteiger partial charge on any atom is 0.307 e. The van der Waals surface area contributed by atoms with Gasteiger partial charge in [-0.15, -0.1) is 0 Å². The number of rotatable bonds is 5. The summed E-state index contributed by atoms with van der Waals surface area (Å²) in [5.74, 6) is -0.799. The number of aromatic nitrogens is 2. The molecule has 0 aliphatic carbocycles. The molecule has 0 spiro atoms. The van der Waals surface area contributed by atoms with Crippen LogP contribution < -0.4 is 0 Å². The zero-order valence-electron chi connectivity index (χ0n) is 11.6. The minimum Gasteiger partial charge on any atom is -0.481 e. The summed E-state index contributed by atoms with van der Waals surface area (Å²) < 4.78 is 2.13. The summed E-state index contributed by atoms with van der Waals surface area (Å²) in [4.78, 5) is 15.0. The van der Waals surface area contributed by atoms with Crippen molar-refractivity contribution in [2.45, 2.75) is 19.4 Å². The van der Waals surface area contributed by atoms with Crippen molar-refractivity contribution in [3.8, 4) is 0 Å². The van der Waals surface area contributed by atoms with Gasteiger partial charge in [0.15, 0.2) is 0 Å². The summed E-state index contributed by atoms with van der Waals surface area (Å²) in [6, 6.07) is 12.0. The Hall–Kier alpha value is -2.62. The van der Waals surface area contributed by atoms with Crippen molar-refractivity contribution in [3.05, 3.63) is 66.1 Å². The van der Waals surface area contributed by atoms with Gasteiger partial charge in [-0.1, -0.05) is 18.2 Å². The van der Waals surface area contributed by atoms with Gasteiger partial charge in [0.05, 0.1) is 6.42 Å². The van der Waals surface area contributed by atoms with Crippen LogP contribution in [0.4, 0.5) is 0 Å². The molecule has 0 radical (unpaired) electrons. The van der Waals surface area contributed by atoms with Gasteiger partial charge < -0.3 is 9.67 Å². The number of aliphatic carboxylic acids is 1. The lowest BCUT2D eigenvalue weighted by atomic mass is 10.1. The zero-order valence-corrected chi connectivity index (χ0v) is 11.6. The molecule has 0 amide bonds. The molecule has 4 heteroatoms. The van der Waals surface area contributed by atoms with E-state index in [-0.39, 0.29) is 6.42 Å². The van der Waals surface area contributed by atoms with Gasteiger partial charge in [-0.3, -0.25) is 9.78 Å². The third-order valence-electron chi connectivity index (χ3n) is 3.60. The first-order valence-corrected chi connectivity index (χ1v) is 6.91. The third kappa shape index (κ3) is 2.94. The number of carboxylic acids is 1. The average Bonchev–Trinajstić information content (AvgIpc) is 2.84. The largest absolute Gasteiger partial charge is 0.481 e. The van der Waals surface area contributed by atoms with Gasteiger partial charge in [-0.25, -0.2) is 0 Å². The van der Waals surface area contributed by atoms with Gasteiger partial charge in [0.25, 0.3) is 0 Å². The first-order chi connectivity index (χ1) is 10.2. The Balaban J connectivity index is 1.89. The molecule has 0 bridgehead atoms. The molecule has 1 N–H and O–H groups in total. The number of nitrogens with zero attached hydrogens (tertiary/aromatic N) is 2. The predicted molar refractivity (Wildman–Crippen MR) is 81.2 cm³/mol. The van der Waals surface area contributed by atoms with Gasteiger partial charge >= 0.3 is 5.97 Å². The molecule has 3 rings (SSSR count). The van der Waals surface area contributed by atoms with Crippen molar-refractivity contribution >= 4 is 16.9 Å². The van der Waals surface area contributed by atoms with E-state index in [0.717, 1.165) is 29.4 Å². The van der Waals surface area contributed by atoms with Crippen LogP contribution in [0.5, 0.6) is 0 Å². The summed E-state index contributed by atoms with van der Waals surface area (Å²) in [7, 11) is 0. The van der Waals surface area contributed by atoms with Gasteiger partial charge in [0.1, 0.15) is 0 Å². The summed E-state index contributed by atoms with van der Waals surface area (Å²) in [5.41, 5.74) is 3.18. The van der Waals surface area contributed by atoms with E-state index in [9.17, 15) is 4.79 Å². The van der Waals surface area contributed by atoms with Crippen molar-refractivity contribution in [3.63, 3.8) is 0 Å². The van der Waals surface area contributed by atoms with E-state index in [1.807, 2.05) is 42.6 Å². The highest BCUT2D eigenvalue weighted by molar-refractivity contribution is 5.87. The molecule has 3 aromatic rings. The van der Waals surface area contributed by atoms with Crippen LogP contribution in [0.1, 0.15) is 11.1 Å². The zero-order chi connectivity index (χ0) is 14.7. The molecule has 2 aromatic heterocycles. The molecule has 2 heterocycles. The minimum absolute atomic E-state index is 0.0583. The number of carbonyl (C=O) groups is 1. The summed E-state index contributed by atoms with van der Waals surface area (Å²) >= 11 is 0. The van der Waals surface area contributed by atoms with Crippen LogP contribution >= 0.6 is 0 Å². The van der Waals surface area contributed by atoms with Crippen molar-refractivity contribution in [1.29, 1.82) is 0 Å². The number of pyridine rings is 1.